The summed E-state index contributed by atoms with van der Waals surface area (Å²) in [6.07, 6.45) is 2.09. The van der Waals surface area contributed by atoms with E-state index in [-0.39, 0.29) is 5.75 Å². The average molecular weight is 328 g/mol. The Bertz CT molecular complexity index is 650. The van der Waals surface area contributed by atoms with Gasteiger partial charge in [0.05, 0.1) is 11.4 Å². The average Bonchev–Trinajstić information content (AvgIpc) is 2.87. The van der Waals surface area contributed by atoms with Crippen molar-refractivity contribution in [1.29, 1.82) is 0 Å². The monoisotopic (exact) mass is 328 g/mol. The number of hydrogen-bond donors (Lipinski definition) is 1. The number of carbonyl (C=O) groups is 1. The van der Waals surface area contributed by atoms with Crippen molar-refractivity contribution >= 4 is 40.7 Å². The number of aromatic nitrogens is 4. The molecular weight excluding hydrogens is 308 g/mol. The molecule has 6 nitrogen and oxygen atoms in total. The smallest absolute Gasteiger partial charge is 0.313 e. The third kappa shape index (κ3) is 3.55. The van der Waals surface area contributed by atoms with E-state index in [4.69, 9.17) is 5.11 Å². The van der Waals surface area contributed by atoms with Gasteiger partial charge in [-0.1, -0.05) is 18.7 Å². The van der Waals surface area contributed by atoms with E-state index >= 15 is 0 Å². The first-order chi connectivity index (χ1) is 9.93. The number of nitrogens with zero attached hydrogens (tertiary/aromatic N) is 4. The zero-order valence-electron chi connectivity index (χ0n) is 12.7. The molecule has 0 saturated carbocycles. The molecule has 2 aromatic heterocycles. The largest absolute Gasteiger partial charge is 0.481 e. The second-order valence-electron chi connectivity index (χ2n) is 5.13. The fraction of sp³-hybridized carbons (Fsp3) is 0.615. The van der Waals surface area contributed by atoms with Crippen LogP contribution in [0.25, 0.3) is 11.2 Å². The van der Waals surface area contributed by atoms with Crippen molar-refractivity contribution in [2.45, 2.75) is 25.5 Å². The van der Waals surface area contributed by atoms with E-state index in [1.807, 2.05) is 30.4 Å². The number of thioether (sulfide) groups is 2. The molecule has 1 atom stereocenters. The molecule has 2 rings (SSSR count). The van der Waals surface area contributed by atoms with Gasteiger partial charge >= 0.3 is 5.97 Å². The summed E-state index contributed by atoms with van der Waals surface area (Å²) < 4.78 is 3.93. The number of aryl methyl sites for hydroxylation is 2. The number of fused-ring (bicyclic) bond motifs is 1. The number of carboxylic acids is 1. The molecule has 8 heteroatoms. The van der Waals surface area contributed by atoms with Gasteiger partial charge in [-0.3, -0.25) is 9.48 Å². The Morgan fingerprint density at radius 1 is 1.48 bits per heavy atom. The maximum Gasteiger partial charge on any atom is 0.313 e. The molecule has 1 unspecified atom stereocenters. The van der Waals surface area contributed by atoms with Crippen LogP contribution in [0.4, 0.5) is 0 Å². The lowest BCUT2D eigenvalue weighted by molar-refractivity contribution is -0.133. The Labute approximate surface area is 132 Å². The predicted molar refractivity (Wildman–Crippen MR) is 87.1 cm³/mol. The van der Waals surface area contributed by atoms with Gasteiger partial charge < -0.3 is 9.67 Å². The van der Waals surface area contributed by atoms with Gasteiger partial charge in [0.1, 0.15) is 5.52 Å². The van der Waals surface area contributed by atoms with E-state index in [9.17, 15) is 4.79 Å². The summed E-state index contributed by atoms with van der Waals surface area (Å²) in [6, 6.07) is 0. The molecule has 0 aromatic carbocycles. The van der Waals surface area contributed by atoms with Crippen LogP contribution in [-0.4, -0.2) is 48.2 Å². The highest BCUT2D eigenvalue weighted by atomic mass is 32.2. The van der Waals surface area contributed by atoms with Crippen molar-refractivity contribution < 1.29 is 9.90 Å². The van der Waals surface area contributed by atoms with E-state index < -0.39 is 5.97 Å². The minimum atomic E-state index is -0.828. The molecule has 116 valence electrons. The van der Waals surface area contributed by atoms with Crippen molar-refractivity contribution in [2.24, 2.45) is 13.0 Å². The molecule has 1 N–H and O–H groups in total. The first-order valence-corrected chi connectivity index (χ1v) is 9.05. The molecule has 0 saturated heterocycles. The number of aliphatic carboxylic acids is 1. The standard InChI is InChI=1S/C13H20N4O2S2/c1-8(6-20-4)5-17-12-11(9(2)15-16(12)3)14-13(17)21-7-10(18)19/h8H,5-7H2,1-4H3,(H,18,19). The normalized spacial score (nSPS) is 13.0. The molecule has 0 fully saturated rings. The fourth-order valence-corrected chi connectivity index (χ4v) is 3.76. The van der Waals surface area contributed by atoms with Crippen LogP contribution in [0.15, 0.2) is 5.16 Å². The van der Waals surface area contributed by atoms with Crippen molar-refractivity contribution in [1.82, 2.24) is 19.3 Å². The predicted octanol–water partition coefficient (Wildman–Crippen LogP) is 2.25. The fourth-order valence-electron chi connectivity index (χ4n) is 2.36. The molecule has 21 heavy (non-hydrogen) atoms. The molecule has 0 spiro atoms. The third-order valence-electron chi connectivity index (χ3n) is 3.13. The van der Waals surface area contributed by atoms with Crippen molar-refractivity contribution in [3.05, 3.63) is 5.69 Å². The van der Waals surface area contributed by atoms with E-state index in [1.165, 1.54) is 11.8 Å². The highest BCUT2D eigenvalue weighted by Crippen LogP contribution is 2.27. The van der Waals surface area contributed by atoms with E-state index in [0.29, 0.717) is 5.92 Å². The van der Waals surface area contributed by atoms with Crippen molar-refractivity contribution in [2.75, 3.05) is 17.8 Å². The van der Waals surface area contributed by atoms with Crippen LogP contribution in [0, 0.1) is 12.8 Å². The van der Waals surface area contributed by atoms with Crippen LogP contribution in [0.3, 0.4) is 0 Å². The first-order valence-electron chi connectivity index (χ1n) is 6.67. The zero-order chi connectivity index (χ0) is 15.6. The van der Waals surface area contributed by atoms with Crippen LogP contribution in [0.1, 0.15) is 12.6 Å². The lowest BCUT2D eigenvalue weighted by atomic mass is 10.2. The van der Waals surface area contributed by atoms with Gasteiger partial charge in [0.15, 0.2) is 10.8 Å². The number of imidazole rings is 1. The van der Waals surface area contributed by atoms with Gasteiger partial charge in [-0.15, -0.1) is 0 Å². The lowest BCUT2D eigenvalue weighted by Crippen LogP contribution is -2.13. The van der Waals surface area contributed by atoms with E-state index in [1.54, 1.807) is 0 Å². The van der Waals surface area contributed by atoms with Crippen molar-refractivity contribution in [3.63, 3.8) is 0 Å². The lowest BCUT2D eigenvalue weighted by Gasteiger charge is -2.14. The molecular formula is C13H20N4O2S2. The Balaban J connectivity index is 2.40. The molecule has 0 aliphatic carbocycles. The quantitative estimate of drug-likeness (QED) is 0.786. The summed E-state index contributed by atoms with van der Waals surface area (Å²) >= 11 is 3.08. The number of rotatable bonds is 7. The van der Waals surface area contributed by atoms with Gasteiger partial charge in [0, 0.05) is 13.6 Å². The molecule has 0 radical (unpaired) electrons. The zero-order valence-corrected chi connectivity index (χ0v) is 14.3. The molecule has 2 aromatic rings. The highest BCUT2D eigenvalue weighted by Gasteiger charge is 2.19. The summed E-state index contributed by atoms with van der Waals surface area (Å²) in [5, 5.41) is 14.1. The summed E-state index contributed by atoms with van der Waals surface area (Å²) in [5.41, 5.74) is 2.70. The van der Waals surface area contributed by atoms with E-state index in [0.717, 1.165) is 34.3 Å². The van der Waals surface area contributed by atoms with Crippen LogP contribution in [-0.2, 0) is 18.4 Å². The minimum Gasteiger partial charge on any atom is -0.481 e. The first kappa shape index (κ1) is 16.2. The van der Waals surface area contributed by atoms with Crippen LogP contribution < -0.4 is 0 Å². The third-order valence-corrected chi connectivity index (χ3v) is 4.99. The van der Waals surface area contributed by atoms with Crippen LogP contribution in [0.2, 0.25) is 0 Å². The topological polar surface area (TPSA) is 72.9 Å². The molecule has 0 aliphatic rings. The highest BCUT2D eigenvalue weighted by molar-refractivity contribution is 7.99. The Kier molecular flexibility index (Phi) is 5.21. The number of carboxylic acid groups (broad SMARTS) is 1. The minimum absolute atomic E-state index is 0.0205. The van der Waals surface area contributed by atoms with Gasteiger partial charge in [0.25, 0.3) is 0 Å². The summed E-state index contributed by atoms with van der Waals surface area (Å²) in [5.74, 6) is 0.731. The Morgan fingerprint density at radius 2 is 2.19 bits per heavy atom. The van der Waals surface area contributed by atoms with Gasteiger partial charge in [0.2, 0.25) is 0 Å². The molecule has 0 amide bonds. The maximum absolute atomic E-state index is 10.8. The summed E-state index contributed by atoms with van der Waals surface area (Å²) in [6.45, 7) is 4.94. The molecule has 0 aliphatic heterocycles. The molecule has 0 bridgehead atoms. The van der Waals surface area contributed by atoms with E-state index in [2.05, 4.69) is 27.8 Å². The second-order valence-corrected chi connectivity index (χ2v) is 6.98. The van der Waals surface area contributed by atoms with Gasteiger partial charge in [-0.05, 0) is 24.9 Å². The summed E-state index contributed by atoms with van der Waals surface area (Å²) in [4.78, 5) is 15.4. The van der Waals surface area contributed by atoms with Crippen LogP contribution in [0.5, 0.6) is 0 Å². The summed E-state index contributed by atoms with van der Waals surface area (Å²) in [7, 11) is 1.90. The second kappa shape index (κ2) is 6.74. The van der Waals surface area contributed by atoms with Gasteiger partial charge in [-0.25, -0.2) is 4.98 Å². The molecule has 2 heterocycles. The van der Waals surface area contributed by atoms with Crippen LogP contribution >= 0.6 is 23.5 Å². The van der Waals surface area contributed by atoms with Crippen molar-refractivity contribution in [3.8, 4) is 0 Å². The van der Waals surface area contributed by atoms with Gasteiger partial charge in [-0.2, -0.15) is 16.9 Å². The SMILES string of the molecule is CSCC(C)Cn1c(SCC(=O)O)nc2c(C)nn(C)c21. The number of hydrogen-bond acceptors (Lipinski definition) is 5. The Morgan fingerprint density at radius 3 is 2.81 bits per heavy atom. The maximum atomic E-state index is 10.8. The Hall–Kier alpha value is -1.15.